The van der Waals surface area contributed by atoms with E-state index in [0.29, 0.717) is 0 Å². The van der Waals surface area contributed by atoms with Crippen molar-refractivity contribution in [3.63, 3.8) is 0 Å². The fraction of sp³-hybridized carbons (Fsp3) is 0.167. The van der Waals surface area contributed by atoms with Gasteiger partial charge in [-0.2, -0.15) is 5.10 Å². The topological polar surface area (TPSA) is 19.9 Å². The molecule has 98 valence electrons. The lowest BCUT2D eigenvalue weighted by Crippen LogP contribution is -2.24. The van der Waals surface area contributed by atoms with Crippen molar-refractivity contribution < 1.29 is 4.52 Å². The Morgan fingerprint density at radius 3 is 2.55 bits per heavy atom. The highest BCUT2D eigenvalue weighted by molar-refractivity contribution is 5.97. The summed E-state index contributed by atoms with van der Waals surface area (Å²) in [5.41, 5.74) is 7.65. The highest BCUT2D eigenvalue weighted by Gasteiger charge is 2.19. The van der Waals surface area contributed by atoms with Crippen LogP contribution in [0.25, 0.3) is 27.3 Å². The monoisotopic (exact) mass is 261 g/mol. The number of fused-ring (bicyclic) bond motifs is 5. The molecule has 0 spiro atoms. The third-order valence-corrected chi connectivity index (χ3v) is 4.11. The summed E-state index contributed by atoms with van der Waals surface area (Å²) in [6, 6.07) is 15.3. The minimum atomic E-state index is 1.22. The van der Waals surface area contributed by atoms with E-state index in [1.807, 2.05) is 0 Å². The standard InChI is InChI=1S/C18H16N2/c1-11-8-12(2)17-15(9-11)18-13(3)10-14-6-4-5-7-16(14)20(18)19-17/h4-10H,1-3H3/p+1. The molecule has 2 aromatic carbocycles. The summed E-state index contributed by atoms with van der Waals surface area (Å²) in [4.78, 5) is 0. The van der Waals surface area contributed by atoms with Crippen LogP contribution in [-0.2, 0) is 0 Å². The molecular weight excluding hydrogens is 244 g/mol. The zero-order chi connectivity index (χ0) is 13.9. The lowest BCUT2D eigenvalue weighted by molar-refractivity contribution is -0.546. The van der Waals surface area contributed by atoms with Gasteiger partial charge in [-0.3, -0.25) is 0 Å². The number of aryl methyl sites for hydroxylation is 3. The highest BCUT2D eigenvalue weighted by atomic mass is 15.2. The van der Waals surface area contributed by atoms with Crippen molar-refractivity contribution in [1.29, 1.82) is 0 Å². The Hall–Kier alpha value is -2.35. The molecule has 2 aromatic heterocycles. The van der Waals surface area contributed by atoms with E-state index in [9.17, 15) is 0 Å². The second-order valence-corrected chi connectivity index (χ2v) is 5.69. The van der Waals surface area contributed by atoms with Crippen molar-refractivity contribution in [3.05, 3.63) is 59.2 Å². The van der Waals surface area contributed by atoms with Crippen LogP contribution in [0.15, 0.2) is 42.5 Å². The van der Waals surface area contributed by atoms with Crippen LogP contribution >= 0.6 is 0 Å². The summed E-state index contributed by atoms with van der Waals surface area (Å²) >= 11 is 0. The van der Waals surface area contributed by atoms with Crippen molar-refractivity contribution in [1.82, 2.24) is 5.10 Å². The maximum Gasteiger partial charge on any atom is 0.248 e. The Bertz CT molecular complexity index is 977. The molecule has 0 radical (unpaired) electrons. The normalized spacial score (nSPS) is 11.8. The molecule has 0 amide bonds. The maximum atomic E-state index is 3.57. The van der Waals surface area contributed by atoms with E-state index in [-0.39, 0.29) is 0 Å². The van der Waals surface area contributed by atoms with Gasteiger partial charge in [-0.15, -0.1) is 0 Å². The highest BCUT2D eigenvalue weighted by Crippen LogP contribution is 2.25. The van der Waals surface area contributed by atoms with Crippen LogP contribution in [0.2, 0.25) is 0 Å². The third-order valence-electron chi connectivity index (χ3n) is 4.11. The molecule has 0 fully saturated rings. The van der Waals surface area contributed by atoms with Gasteiger partial charge in [0.25, 0.3) is 0 Å². The van der Waals surface area contributed by atoms with E-state index in [1.165, 1.54) is 44.0 Å². The van der Waals surface area contributed by atoms with E-state index in [0.717, 1.165) is 0 Å². The van der Waals surface area contributed by atoms with Gasteiger partial charge in [0.2, 0.25) is 11.0 Å². The number of nitrogens with zero attached hydrogens (tertiary/aromatic N) is 1. The summed E-state index contributed by atoms with van der Waals surface area (Å²) in [5.74, 6) is 0. The quantitative estimate of drug-likeness (QED) is 0.462. The molecule has 2 nitrogen and oxygen atoms in total. The molecule has 0 aliphatic rings. The number of hydrogen-bond donors (Lipinski definition) is 1. The van der Waals surface area contributed by atoms with E-state index in [4.69, 9.17) is 0 Å². The first-order valence-electron chi connectivity index (χ1n) is 6.98. The molecule has 0 aliphatic heterocycles. The van der Waals surface area contributed by atoms with Crippen LogP contribution in [0, 0.1) is 20.8 Å². The molecule has 2 heterocycles. The molecule has 0 saturated carbocycles. The van der Waals surface area contributed by atoms with Crippen LogP contribution in [0.3, 0.4) is 0 Å². The van der Waals surface area contributed by atoms with Crippen molar-refractivity contribution in [2.24, 2.45) is 0 Å². The molecule has 0 unspecified atom stereocenters. The maximum absolute atomic E-state index is 3.57. The SMILES string of the molecule is Cc1cc(C)c2[nH][n+]3c4ccccc4cc(C)c3c2c1. The van der Waals surface area contributed by atoms with Gasteiger partial charge in [0, 0.05) is 17.0 Å². The van der Waals surface area contributed by atoms with Gasteiger partial charge in [0.15, 0.2) is 0 Å². The number of aromatic amines is 1. The number of rotatable bonds is 0. The molecule has 4 aromatic rings. The van der Waals surface area contributed by atoms with Gasteiger partial charge in [-0.05, 0) is 50.1 Å². The van der Waals surface area contributed by atoms with E-state index >= 15 is 0 Å². The van der Waals surface area contributed by atoms with E-state index in [2.05, 4.69) is 72.8 Å². The average Bonchev–Trinajstić information content (AvgIpc) is 2.79. The van der Waals surface area contributed by atoms with Crippen molar-refractivity contribution in [2.75, 3.05) is 0 Å². The Morgan fingerprint density at radius 1 is 0.900 bits per heavy atom. The predicted octanol–water partition coefficient (Wildman–Crippen LogP) is 3.99. The van der Waals surface area contributed by atoms with Crippen LogP contribution in [-0.4, -0.2) is 5.10 Å². The predicted molar refractivity (Wildman–Crippen MR) is 83.2 cm³/mol. The van der Waals surface area contributed by atoms with Crippen molar-refractivity contribution >= 4 is 27.3 Å². The number of pyridine rings is 1. The van der Waals surface area contributed by atoms with Crippen LogP contribution in [0.5, 0.6) is 0 Å². The Morgan fingerprint density at radius 2 is 1.70 bits per heavy atom. The minimum Gasteiger partial charge on any atom is -0.158 e. The molecule has 0 bridgehead atoms. The summed E-state index contributed by atoms with van der Waals surface area (Å²) in [6.07, 6.45) is 0. The van der Waals surface area contributed by atoms with E-state index in [1.54, 1.807) is 0 Å². The second-order valence-electron chi connectivity index (χ2n) is 5.69. The molecule has 2 heteroatoms. The summed E-state index contributed by atoms with van der Waals surface area (Å²) in [7, 11) is 0. The first-order valence-corrected chi connectivity index (χ1v) is 6.98. The Labute approximate surface area is 117 Å². The molecule has 20 heavy (non-hydrogen) atoms. The van der Waals surface area contributed by atoms with Crippen LogP contribution < -0.4 is 4.52 Å². The van der Waals surface area contributed by atoms with Gasteiger partial charge in [-0.25, -0.2) is 0 Å². The molecular formula is C18H17N2+. The van der Waals surface area contributed by atoms with Gasteiger partial charge in [0.1, 0.15) is 5.52 Å². The fourth-order valence-corrected chi connectivity index (χ4v) is 3.28. The van der Waals surface area contributed by atoms with Crippen molar-refractivity contribution in [3.8, 4) is 0 Å². The van der Waals surface area contributed by atoms with Gasteiger partial charge >= 0.3 is 0 Å². The average molecular weight is 261 g/mol. The number of benzene rings is 2. The Kier molecular flexibility index (Phi) is 2.19. The van der Waals surface area contributed by atoms with Crippen molar-refractivity contribution in [2.45, 2.75) is 20.8 Å². The zero-order valence-electron chi connectivity index (χ0n) is 12.0. The van der Waals surface area contributed by atoms with Gasteiger partial charge in [0.05, 0.1) is 5.39 Å². The first kappa shape index (κ1) is 11.5. The second kappa shape index (κ2) is 3.83. The molecule has 0 saturated heterocycles. The minimum absolute atomic E-state index is 1.22. The lowest BCUT2D eigenvalue weighted by atomic mass is 10.0. The summed E-state index contributed by atoms with van der Waals surface area (Å²) in [5, 5.41) is 6.15. The summed E-state index contributed by atoms with van der Waals surface area (Å²) < 4.78 is 2.22. The van der Waals surface area contributed by atoms with Gasteiger partial charge < -0.3 is 0 Å². The zero-order valence-corrected chi connectivity index (χ0v) is 12.0. The molecule has 4 rings (SSSR count). The molecule has 1 N–H and O–H groups in total. The first-order chi connectivity index (χ1) is 9.65. The van der Waals surface area contributed by atoms with Crippen LogP contribution in [0.1, 0.15) is 16.7 Å². The third kappa shape index (κ3) is 1.42. The van der Waals surface area contributed by atoms with E-state index < -0.39 is 0 Å². The number of para-hydroxylation sites is 1. The Balaban J connectivity index is 2.35. The fourth-order valence-electron chi connectivity index (χ4n) is 3.28. The molecule has 0 aliphatic carbocycles. The largest absolute Gasteiger partial charge is 0.248 e. The number of nitrogens with one attached hydrogen (secondary N) is 1. The number of H-pyrrole nitrogens is 1. The van der Waals surface area contributed by atoms with Gasteiger partial charge in [-0.1, -0.05) is 22.7 Å². The number of aromatic nitrogens is 2. The number of hydrogen-bond acceptors (Lipinski definition) is 0. The molecule has 0 atom stereocenters. The summed E-state index contributed by atoms with van der Waals surface area (Å²) in [6.45, 7) is 6.52. The smallest absolute Gasteiger partial charge is 0.158 e. The lowest BCUT2D eigenvalue weighted by Gasteiger charge is -1.97. The van der Waals surface area contributed by atoms with Crippen LogP contribution in [0.4, 0.5) is 0 Å².